The van der Waals surface area contributed by atoms with Gasteiger partial charge in [-0.1, -0.05) is 48.6 Å². The maximum atomic E-state index is 5.78. The highest BCUT2D eigenvalue weighted by molar-refractivity contribution is 5.13. The number of ether oxygens (including phenoxy) is 2. The first kappa shape index (κ1) is 14.4. The second-order valence-corrected chi connectivity index (χ2v) is 3.82. The van der Waals surface area contributed by atoms with Crippen molar-refractivity contribution < 1.29 is 9.47 Å². The molecular formula is C16H20O2. The summed E-state index contributed by atoms with van der Waals surface area (Å²) in [5, 5.41) is 0. The number of benzene rings is 1. The third-order valence-electron chi connectivity index (χ3n) is 2.48. The second kappa shape index (κ2) is 8.45. The van der Waals surface area contributed by atoms with Crippen molar-refractivity contribution in [3.8, 4) is 0 Å². The van der Waals surface area contributed by atoms with E-state index in [1.165, 1.54) is 0 Å². The molecule has 0 aliphatic heterocycles. The van der Waals surface area contributed by atoms with Gasteiger partial charge in [0.1, 0.15) is 12.2 Å². The van der Waals surface area contributed by atoms with Crippen LogP contribution in [0.4, 0.5) is 0 Å². The predicted octanol–water partition coefficient (Wildman–Crippen LogP) is 3.52. The third kappa shape index (κ3) is 4.70. The Balaban J connectivity index is 2.52. The highest BCUT2D eigenvalue weighted by Crippen LogP contribution is 2.11. The molecule has 0 heterocycles. The van der Waals surface area contributed by atoms with E-state index < -0.39 is 0 Å². The fraction of sp³-hybridized carbons (Fsp3) is 0.250. The van der Waals surface area contributed by atoms with Crippen molar-refractivity contribution in [3.05, 3.63) is 73.9 Å². The Bertz CT molecular complexity index is 370. The van der Waals surface area contributed by atoms with Gasteiger partial charge in [-0.15, -0.1) is 19.7 Å². The SMILES string of the molecule is C=CCO[C@H](C=C)[C@@H](C=C)OCc1ccccc1. The maximum absolute atomic E-state index is 5.78. The predicted molar refractivity (Wildman–Crippen MR) is 75.4 cm³/mol. The second-order valence-electron chi connectivity index (χ2n) is 3.82. The smallest absolute Gasteiger partial charge is 0.106 e. The molecule has 0 aliphatic carbocycles. The molecule has 0 bridgehead atoms. The standard InChI is InChI=1S/C16H20O2/c1-4-12-17-15(5-2)16(6-3)18-13-14-10-8-7-9-11-14/h4-11,15-16H,1-3,12-13H2/t15-,16-/m1/s1. The molecule has 0 spiro atoms. The Morgan fingerprint density at radius 3 is 2.11 bits per heavy atom. The van der Waals surface area contributed by atoms with Crippen molar-refractivity contribution in [1.82, 2.24) is 0 Å². The minimum atomic E-state index is -0.206. The Hall–Kier alpha value is -1.64. The molecule has 0 aliphatic rings. The summed E-state index contributed by atoms with van der Waals surface area (Å²) in [7, 11) is 0. The van der Waals surface area contributed by atoms with Gasteiger partial charge < -0.3 is 9.47 Å². The number of hydrogen-bond acceptors (Lipinski definition) is 2. The van der Waals surface area contributed by atoms with E-state index in [0.29, 0.717) is 13.2 Å². The minimum absolute atomic E-state index is 0.204. The zero-order chi connectivity index (χ0) is 13.2. The molecular weight excluding hydrogens is 224 g/mol. The Morgan fingerprint density at radius 2 is 1.56 bits per heavy atom. The van der Waals surface area contributed by atoms with Crippen molar-refractivity contribution in [2.45, 2.75) is 18.8 Å². The highest BCUT2D eigenvalue weighted by atomic mass is 16.5. The van der Waals surface area contributed by atoms with Crippen LogP contribution < -0.4 is 0 Å². The van der Waals surface area contributed by atoms with Crippen LogP contribution in [0.1, 0.15) is 5.56 Å². The monoisotopic (exact) mass is 244 g/mol. The molecule has 0 amide bonds. The molecule has 0 unspecified atom stereocenters. The Morgan fingerprint density at radius 1 is 0.944 bits per heavy atom. The summed E-state index contributed by atoms with van der Waals surface area (Å²) in [5.41, 5.74) is 1.12. The molecule has 0 fully saturated rings. The van der Waals surface area contributed by atoms with E-state index in [-0.39, 0.29) is 12.2 Å². The fourth-order valence-corrected chi connectivity index (χ4v) is 1.54. The molecule has 0 N–H and O–H groups in total. The lowest BCUT2D eigenvalue weighted by atomic mass is 10.2. The summed E-state index contributed by atoms with van der Waals surface area (Å²) in [6.45, 7) is 12.1. The van der Waals surface area contributed by atoms with E-state index in [0.717, 1.165) is 5.56 Å². The van der Waals surface area contributed by atoms with Crippen molar-refractivity contribution in [2.24, 2.45) is 0 Å². The van der Waals surface area contributed by atoms with Gasteiger partial charge in [-0.3, -0.25) is 0 Å². The van der Waals surface area contributed by atoms with Crippen molar-refractivity contribution in [2.75, 3.05) is 6.61 Å². The molecule has 2 heteroatoms. The highest BCUT2D eigenvalue weighted by Gasteiger charge is 2.16. The lowest BCUT2D eigenvalue weighted by molar-refractivity contribution is -0.0274. The molecule has 0 saturated carbocycles. The Kier molecular flexibility index (Phi) is 6.77. The summed E-state index contributed by atoms with van der Waals surface area (Å²) >= 11 is 0. The van der Waals surface area contributed by atoms with E-state index in [1.54, 1.807) is 18.2 Å². The average Bonchev–Trinajstić information content (AvgIpc) is 2.43. The van der Waals surface area contributed by atoms with Gasteiger partial charge in [-0.25, -0.2) is 0 Å². The normalized spacial score (nSPS) is 13.6. The molecule has 18 heavy (non-hydrogen) atoms. The molecule has 1 rings (SSSR count). The molecule has 96 valence electrons. The lowest BCUT2D eigenvalue weighted by Crippen LogP contribution is -2.28. The van der Waals surface area contributed by atoms with E-state index in [9.17, 15) is 0 Å². The van der Waals surface area contributed by atoms with Crippen molar-refractivity contribution in [3.63, 3.8) is 0 Å². The molecule has 0 saturated heterocycles. The van der Waals surface area contributed by atoms with Gasteiger partial charge in [-0.05, 0) is 5.56 Å². The first-order valence-electron chi connectivity index (χ1n) is 5.95. The van der Waals surface area contributed by atoms with E-state index in [4.69, 9.17) is 9.47 Å². The molecule has 0 aromatic heterocycles. The topological polar surface area (TPSA) is 18.5 Å². The van der Waals surface area contributed by atoms with Crippen LogP contribution in [0.5, 0.6) is 0 Å². The van der Waals surface area contributed by atoms with Gasteiger partial charge >= 0.3 is 0 Å². The van der Waals surface area contributed by atoms with Crippen LogP contribution in [0.25, 0.3) is 0 Å². The number of rotatable bonds is 9. The van der Waals surface area contributed by atoms with Gasteiger partial charge in [0.15, 0.2) is 0 Å². The summed E-state index contributed by atoms with van der Waals surface area (Å²) in [6.07, 6.45) is 4.75. The first-order valence-corrected chi connectivity index (χ1v) is 5.95. The van der Waals surface area contributed by atoms with Gasteiger partial charge in [0.25, 0.3) is 0 Å². The lowest BCUT2D eigenvalue weighted by Gasteiger charge is -2.22. The third-order valence-corrected chi connectivity index (χ3v) is 2.48. The molecule has 1 aromatic rings. The van der Waals surface area contributed by atoms with Crippen LogP contribution in [-0.2, 0) is 16.1 Å². The zero-order valence-corrected chi connectivity index (χ0v) is 10.6. The van der Waals surface area contributed by atoms with Crippen molar-refractivity contribution >= 4 is 0 Å². The van der Waals surface area contributed by atoms with Crippen LogP contribution in [0.2, 0.25) is 0 Å². The number of hydrogen-bond donors (Lipinski definition) is 0. The van der Waals surface area contributed by atoms with Crippen LogP contribution in [0.15, 0.2) is 68.3 Å². The molecule has 0 radical (unpaired) electrons. The summed E-state index contributed by atoms with van der Waals surface area (Å²) in [6, 6.07) is 10.00. The zero-order valence-electron chi connectivity index (χ0n) is 10.6. The van der Waals surface area contributed by atoms with Gasteiger partial charge in [0.2, 0.25) is 0 Å². The van der Waals surface area contributed by atoms with Gasteiger partial charge in [0.05, 0.1) is 13.2 Å². The molecule has 1 aromatic carbocycles. The Labute approximate surface area is 109 Å². The van der Waals surface area contributed by atoms with Crippen LogP contribution in [0.3, 0.4) is 0 Å². The summed E-state index contributed by atoms with van der Waals surface area (Å²) in [5.74, 6) is 0. The largest absolute Gasteiger partial charge is 0.367 e. The quantitative estimate of drug-likeness (QED) is 0.619. The first-order chi connectivity index (χ1) is 8.81. The summed E-state index contributed by atoms with van der Waals surface area (Å²) in [4.78, 5) is 0. The maximum Gasteiger partial charge on any atom is 0.106 e. The van der Waals surface area contributed by atoms with E-state index >= 15 is 0 Å². The van der Waals surface area contributed by atoms with Gasteiger partial charge in [0, 0.05) is 0 Å². The van der Waals surface area contributed by atoms with Crippen LogP contribution in [-0.4, -0.2) is 18.8 Å². The molecule has 2 atom stereocenters. The van der Waals surface area contributed by atoms with Crippen LogP contribution in [0, 0.1) is 0 Å². The van der Waals surface area contributed by atoms with E-state index in [2.05, 4.69) is 19.7 Å². The molecule has 2 nitrogen and oxygen atoms in total. The van der Waals surface area contributed by atoms with Crippen molar-refractivity contribution in [1.29, 1.82) is 0 Å². The van der Waals surface area contributed by atoms with E-state index in [1.807, 2.05) is 30.3 Å². The minimum Gasteiger partial charge on any atom is -0.367 e. The van der Waals surface area contributed by atoms with Crippen LogP contribution >= 0.6 is 0 Å². The average molecular weight is 244 g/mol. The fourth-order valence-electron chi connectivity index (χ4n) is 1.54. The van der Waals surface area contributed by atoms with Gasteiger partial charge in [-0.2, -0.15) is 0 Å². The summed E-state index contributed by atoms with van der Waals surface area (Å²) < 4.78 is 11.3.